The average molecular weight is 601 g/mol. The first-order valence-corrected chi connectivity index (χ1v) is 12.8. The van der Waals surface area contributed by atoms with E-state index in [9.17, 15) is 53.5 Å². The predicted octanol–water partition coefficient (Wildman–Crippen LogP) is -0.951. The normalized spacial score (nSPS) is 18.8. The zero-order chi connectivity index (χ0) is 31.6. The van der Waals surface area contributed by atoms with E-state index in [1.54, 1.807) is 6.92 Å². The Balaban J connectivity index is 1.64. The summed E-state index contributed by atoms with van der Waals surface area (Å²) in [6.07, 6.45) is -0.119. The van der Waals surface area contributed by atoms with Crippen molar-refractivity contribution in [2.45, 2.75) is 37.8 Å². The van der Waals surface area contributed by atoms with Gasteiger partial charge in [-0.3, -0.25) is 29.1 Å². The third-order valence-electron chi connectivity index (χ3n) is 6.83. The summed E-state index contributed by atoms with van der Waals surface area (Å²) >= 11 is 0. The first kappa shape index (κ1) is 30.7. The number of rotatable bonds is 8. The molecule has 3 heterocycles. The van der Waals surface area contributed by atoms with E-state index in [0.717, 1.165) is 11.1 Å². The van der Waals surface area contributed by atoms with E-state index in [-0.39, 0.29) is 30.8 Å². The molecule has 2 aromatic rings. The molecule has 16 nitrogen and oxygen atoms in total. The highest BCUT2D eigenvalue weighted by molar-refractivity contribution is 6.47. The molecule has 1 fully saturated rings. The van der Waals surface area contributed by atoms with Crippen LogP contribution in [0.4, 0.5) is 9.18 Å². The summed E-state index contributed by atoms with van der Waals surface area (Å²) in [5, 5.41) is 43.3. The van der Waals surface area contributed by atoms with Crippen molar-refractivity contribution in [1.82, 2.24) is 25.4 Å². The number of benzene rings is 1. The van der Waals surface area contributed by atoms with Crippen molar-refractivity contribution in [3.8, 4) is 11.5 Å². The first-order valence-electron chi connectivity index (χ1n) is 12.8. The van der Waals surface area contributed by atoms with Gasteiger partial charge in [0, 0.05) is 19.2 Å². The summed E-state index contributed by atoms with van der Waals surface area (Å²) in [7, 11) is -1.79. The van der Waals surface area contributed by atoms with E-state index in [2.05, 4.69) is 15.6 Å². The van der Waals surface area contributed by atoms with Gasteiger partial charge in [-0.25, -0.2) is 14.0 Å². The number of aromatic nitrogens is 1. The van der Waals surface area contributed by atoms with Gasteiger partial charge in [0.05, 0.1) is 30.2 Å². The number of amides is 5. The largest absolute Gasteiger partial charge is 0.547 e. The summed E-state index contributed by atoms with van der Waals surface area (Å²) in [5.74, 6) is -9.62. The number of carbonyl (C=O) groups excluding carboxylic acids is 4. The van der Waals surface area contributed by atoms with Gasteiger partial charge in [0.15, 0.2) is 11.9 Å². The van der Waals surface area contributed by atoms with Gasteiger partial charge in [-0.2, -0.15) is 0 Å². The minimum absolute atomic E-state index is 0.0483. The molecular formula is C25H25BFN5O11. The van der Waals surface area contributed by atoms with Crippen LogP contribution in [0.2, 0.25) is 0 Å². The van der Waals surface area contributed by atoms with Crippen molar-refractivity contribution in [1.29, 1.82) is 0 Å². The second-order valence-electron chi connectivity index (χ2n) is 9.64. The van der Waals surface area contributed by atoms with Crippen LogP contribution in [-0.4, -0.2) is 103 Å². The van der Waals surface area contributed by atoms with Crippen molar-refractivity contribution in [2.24, 2.45) is 0 Å². The molecule has 3 atom stereocenters. The van der Waals surface area contributed by atoms with Gasteiger partial charge < -0.3 is 40.5 Å². The number of nitrogens with one attached hydrogen (secondary N) is 2. The minimum atomic E-state index is -2.04. The molecule has 0 bridgehead atoms. The molecule has 226 valence electrons. The monoisotopic (exact) mass is 601 g/mol. The minimum Gasteiger partial charge on any atom is -0.534 e. The van der Waals surface area contributed by atoms with Crippen LogP contribution in [-0.2, 0) is 25.6 Å². The van der Waals surface area contributed by atoms with Crippen LogP contribution < -0.4 is 15.3 Å². The Morgan fingerprint density at radius 1 is 1.21 bits per heavy atom. The maximum absolute atomic E-state index is 14.9. The Hall–Kier alpha value is -5.26. The van der Waals surface area contributed by atoms with Crippen LogP contribution in [0.5, 0.6) is 11.5 Å². The maximum Gasteiger partial charge on any atom is 0.547 e. The number of piperazine rings is 1. The van der Waals surface area contributed by atoms with E-state index < -0.39 is 84.5 Å². The fourth-order valence-corrected chi connectivity index (χ4v) is 4.80. The quantitative estimate of drug-likeness (QED) is 0.159. The number of para-hydroxylation sites is 1. The number of likely N-dealkylation sites (N-methyl/N-ethyl adjacent to an activating group) is 1. The second-order valence-corrected chi connectivity index (χ2v) is 9.64. The summed E-state index contributed by atoms with van der Waals surface area (Å²) in [6.45, 7) is 1.28. The standard InChI is InChI=1S/C25H25BFN5O11/c1-2-31-10-12(7-17(34)35)32(23(38)22(31)37)25(41)30-19(18-15(27)8-13(33)9-28-18)21(36)29-16-6-11-4-3-5-14(24(39)40)20(11)43-26(16)42/h3-5,8-9,12,16,19,33,42H,2,6-7,10H2,1H3,(H,29,36)(H,30,41)(H,34,35)(H,39,40)/t12-,16-,19?/m0/s1. The summed E-state index contributed by atoms with van der Waals surface area (Å²) in [4.78, 5) is 80.2. The van der Waals surface area contributed by atoms with E-state index in [0.29, 0.717) is 16.5 Å². The number of carboxylic acids is 2. The molecule has 1 aromatic carbocycles. The molecule has 2 aliphatic rings. The van der Waals surface area contributed by atoms with E-state index in [1.807, 2.05) is 0 Å². The Bertz CT molecular complexity index is 1510. The third-order valence-corrected chi connectivity index (χ3v) is 6.83. The van der Waals surface area contributed by atoms with Gasteiger partial charge in [0.2, 0.25) is 5.91 Å². The van der Waals surface area contributed by atoms with Crippen molar-refractivity contribution in [3.05, 3.63) is 53.1 Å². The molecule has 0 radical (unpaired) electrons. The van der Waals surface area contributed by atoms with Crippen molar-refractivity contribution >= 4 is 42.8 Å². The lowest BCUT2D eigenvalue weighted by Crippen LogP contribution is -2.64. The lowest BCUT2D eigenvalue weighted by molar-refractivity contribution is -0.157. The molecule has 18 heteroatoms. The fraction of sp³-hybridized carbons (Fsp3) is 0.320. The number of carboxylic acid groups (broad SMARTS) is 2. The number of urea groups is 1. The Kier molecular flexibility index (Phi) is 8.79. The average Bonchev–Trinajstić information content (AvgIpc) is 2.93. The lowest BCUT2D eigenvalue weighted by Gasteiger charge is -2.38. The molecule has 0 saturated carbocycles. The molecule has 2 aliphatic heterocycles. The number of halogens is 1. The van der Waals surface area contributed by atoms with Crippen LogP contribution in [0.3, 0.4) is 0 Å². The van der Waals surface area contributed by atoms with Gasteiger partial charge in [-0.1, -0.05) is 12.1 Å². The summed E-state index contributed by atoms with van der Waals surface area (Å²) in [6, 6.07) is -0.0195. The fourth-order valence-electron chi connectivity index (χ4n) is 4.80. The van der Waals surface area contributed by atoms with Gasteiger partial charge in [-0.05, 0) is 25.0 Å². The number of aromatic hydroxyl groups is 1. The van der Waals surface area contributed by atoms with Gasteiger partial charge >= 0.3 is 36.9 Å². The second kappa shape index (κ2) is 12.3. The number of imide groups is 1. The number of pyridine rings is 1. The van der Waals surface area contributed by atoms with Gasteiger partial charge in [-0.15, -0.1) is 0 Å². The number of hydrogen-bond acceptors (Lipinski definition) is 10. The molecular weight excluding hydrogens is 576 g/mol. The first-order chi connectivity index (χ1) is 20.3. The third kappa shape index (κ3) is 6.33. The maximum atomic E-state index is 14.9. The van der Waals surface area contributed by atoms with Crippen LogP contribution >= 0.6 is 0 Å². The zero-order valence-corrected chi connectivity index (χ0v) is 22.4. The zero-order valence-electron chi connectivity index (χ0n) is 22.4. The van der Waals surface area contributed by atoms with Crippen LogP contribution in [0, 0.1) is 5.82 Å². The highest BCUT2D eigenvalue weighted by Gasteiger charge is 2.45. The molecule has 4 rings (SSSR count). The highest BCUT2D eigenvalue weighted by Crippen LogP contribution is 2.30. The highest BCUT2D eigenvalue weighted by atomic mass is 19.1. The lowest BCUT2D eigenvalue weighted by atomic mass is 9.72. The summed E-state index contributed by atoms with van der Waals surface area (Å²) in [5.41, 5.74) is -0.663. The molecule has 0 spiro atoms. The van der Waals surface area contributed by atoms with Crippen molar-refractivity contribution in [3.63, 3.8) is 0 Å². The SMILES string of the molecule is CCN1C[C@H](CC(=O)O)N(C(=O)NC(C(=O)N[C@H]2Cc3cccc(C(=O)O)c3OB2O)c2ncc(O)cc2F)C(=O)C1=O. The number of carbonyl (C=O) groups is 6. The number of aliphatic carboxylic acids is 1. The van der Waals surface area contributed by atoms with E-state index >= 15 is 0 Å². The van der Waals surface area contributed by atoms with E-state index in [4.69, 9.17) is 4.65 Å². The number of fused-ring (bicyclic) bond motifs is 1. The van der Waals surface area contributed by atoms with Gasteiger partial charge in [0.1, 0.15) is 17.2 Å². The number of nitrogens with zero attached hydrogens (tertiary/aromatic N) is 3. The molecule has 1 aromatic heterocycles. The topological polar surface area (TPSA) is 236 Å². The van der Waals surface area contributed by atoms with Gasteiger partial charge in [0.25, 0.3) is 0 Å². The molecule has 5 amide bonds. The Morgan fingerprint density at radius 2 is 1.93 bits per heavy atom. The molecule has 1 saturated heterocycles. The molecule has 43 heavy (non-hydrogen) atoms. The Labute approximate surface area is 242 Å². The number of hydrogen-bond donors (Lipinski definition) is 6. The predicted molar refractivity (Wildman–Crippen MR) is 140 cm³/mol. The molecule has 0 aliphatic carbocycles. The van der Waals surface area contributed by atoms with Crippen molar-refractivity contribution in [2.75, 3.05) is 13.1 Å². The van der Waals surface area contributed by atoms with E-state index in [1.165, 1.54) is 18.2 Å². The van der Waals surface area contributed by atoms with Crippen LogP contribution in [0.15, 0.2) is 30.5 Å². The number of aromatic carboxylic acids is 1. The van der Waals surface area contributed by atoms with Crippen molar-refractivity contribution < 1.29 is 58.2 Å². The van der Waals surface area contributed by atoms with Crippen LogP contribution in [0.1, 0.15) is 41.0 Å². The summed E-state index contributed by atoms with van der Waals surface area (Å²) < 4.78 is 20.2. The molecule has 6 N–H and O–H groups in total. The smallest absolute Gasteiger partial charge is 0.534 e. The molecule has 1 unspecified atom stereocenters. The van der Waals surface area contributed by atoms with Crippen LogP contribution in [0.25, 0.3) is 0 Å². The Morgan fingerprint density at radius 3 is 2.56 bits per heavy atom.